The highest BCUT2D eigenvalue weighted by Crippen LogP contribution is 2.44. The lowest BCUT2D eigenvalue weighted by molar-refractivity contribution is -0.400. The molecule has 33 rings (SSSR count). The second kappa shape index (κ2) is 39.5. The van der Waals surface area contributed by atoms with Crippen molar-refractivity contribution >= 4 is 96.3 Å². The van der Waals surface area contributed by atoms with E-state index in [1.807, 2.05) is 0 Å². The molecule has 30 aliphatic heterocycles. The average molecular weight is 2100 g/mol. The lowest BCUT2D eigenvalue weighted by Crippen LogP contribution is -2.69. The zero-order valence-electron chi connectivity index (χ0n) is 60.6. The monoisotopic (exact) mass is 2100 g/mol. The van der Waals surface area contributed by atoms with Crippen molar-refractivity contribution in [1.82, 2.24) is 15.0 Å². The Kier molecular flexibility index (Phi) is 31.7. The quantitative estimate of drug-likeness (QED) is 0.0592. The minimum Gasteiger partial charge on any atom is -0.485 e. The van der Waals surface area contributed by atoms with Gasteiger partial charge in [0.1, 0.15) is 195 Å². The van der Waals surface area contributed by atoms with Gasteiger partial charge in [0.2, 0.25) is 0 Å². The number of aliphatic hydroxyl groups is 21. The maximum atomic E-state index is 12.4. The highest BCUT2D eigenvalue weighted by atomic mass is 127. The maximum absolute atomic E-state index is 12.4. The van der Waals surface area contributed by atoms with Gasteiger partial charge < -0.3 is 198 Å². The van der Waals surface area contributed by atoms with Crippen LogP contribution in [0.5, 0.6) is 17.2 Å². The molecule has 30 fully saturated rings. The van der Waals surface area contributed by atoms with Gasteiger partial charge in [-0.3, -0.25) is 4.79 Å². The Labute approximate surface area is 706 Å². The molecule has 48 heteroatoms. The summed E-state index contributed by atoms with van der Waals surface area (Å²) >= 11 is 8.26. The van der Waals surface area contributed by atoms with Gasteiger partial charge in [0.25, 0.3) is 0 Å². The van der Waals surface area contributed by atoms with Gasteiger partial charge in [-0.05, 0) is 134 Å². The van der Waals surface area contributed by atoms with Crippen molar-refractivity contribution in [3.63, 3.8) is 0 Å². The van der Waals surface area contributed by atoms with E-state index in [1.165, 1.54) is 24.7 Å². The van der Waals surface area contributed by atoms with Crippen molar-refractivity contribution in [2.75, 3.05) is 46.2 Å². The molecule has 0 amide bonds. The zero-order chi connectivity index (χ0) is 83.2. The first kappa shape index (κ1) is 92.3. The fourth-order valence-electron chi connectivity index (χ4n) is 15.0. The van der Waals surface area contributed by atoms with Crippen LogP contribution in [0.3, 0.4) is 0 Å². The summed E-state index contributed by atoms with van der Waals surface area (Å²) in [6.45, 7) is -4.36. The Morgan fingerprint density at radius 2 is 0.713 bits per heavy atom. The topological polar surface area (TPSA) is 659 Å². The van der Waals surface area contributed by atoms with Crippen LogP contribution in [-0.2, 0) is 99.2 Å². The number of aliphatic hydroxyl groups excluding tert-OH is 21. The van der Waals surface area contributed by atoms with Crippen molar-refractivity contribution in [2.24, 2.45) is 0 Å². The number of carboxylic acids is 1. The third-order valence-electron chi connectivity index (χ3n) is 21.2. The standard InChI is InChI=1S/C67H93I4N3O41/c1-67(2,74-10-20(72-73-74)18-98-50-24(70)6-21(7-25(50)71)99-51-22(68)3-19(4-23(51)69)5-35(84)85)60-59-43(91)49(97)66(115-60)109-53-27(83)9-36(101-29(53)12-76)107-52-26(82)8-37(100-28(52)11-75)108-54-30(13-77)102-61(44(92)38(54)86)110-55-31(14-78)103-62(45(93)39(55)87)111-56-32(15-79)104-63(46(94)40(56)88)112-57-33(16-80)105-64(47(95)41(57)89)113-58-34(17-81)106-65(114-59)48(96)42(58)90/h3-4,6-7,10,26-34,36-49,52-66,75-83,86-97H,5,8-9,11-18H2,1-2H3,(H,84,85)/t26-,27-,28?,29?,30?,31?,32?,33?,34?,36-,37-,38-,39-,40-,41-,42-,43-,44?,45?,46?,47?,48?,49?,52+,53+,54-,55-,56-,57-,58-,59+,60?,61-,62-,63+,64-,65+,66+/m1/s1. The minimum absolute atomic E-state index is 0.181. The molecule has 38 atom stereocenters. The highest BCUT2D eigenvalue weighted by Gasteiger charge is 2.61. The fourth-order valence-corrected chi connectivity index (χ4v) is 19.2. The zero-order valence-corrected chi connectivity index (χ0v) is 69.2. The molecule has 2 aromatic carbocycles. The molecule has 650 valence electrons. The molecule has 0 radical (unpaired) electrons. The van der Waals surface area contributed by atoms with E-state index >= 15 is 0 Å². The Morgan fingerprint density at radius 3 is 1.08 bits per heavy atom. The van der Waals surface area contributed by atoms with E-state index in [0.29, 0.717) is 37.1 Å². The summed E-state index contributed by atoms with van der Waals surface area (Å²) in [5.74, 6) is 0.364. The number of halogens is 4. The van der Waals surface area contributed by atoms with E-state index in [2.05, 4.69) is 101 Å². The normalized spacial score (nSPS) is 43.9. The molecule has 30 saturated heterocycles. The third-order valence-corrected chi connectivity index (χ3v) is 24.4. The van der Waals surface area contributed by atoms with Gasteiger partial charge in [0.05, 0.1) is 90.9 Å². The molecule has 31 heterocycles. The van der Waals surface area contributed by atoms with Crippen LogP contribution in [0.25, 0.3) is 0 Å². The predicted molar refractivity (Wildman–Crippen MR) is 400 cm³/mol. The first-order valence-electron chi connectivity index (χ1n) is 36.3. The molecule has 3 aromatic rings. The molecule has 0 aliphatic carbocycles. The van der Waals surface area contributed by atoms with Crippen LogP contribution in [0.1, 0.15) is 37.9 Å². The van der Waals surface area contributed by atoms with E-state index in [0.717, 1.165) is 0 Å². The number of ether oxygens (including phenoxy) is 18. The average Bonchev–Trinajstić information content (AvgIpc) is 1.62. The van der Waals surface area contributed by atoms with Gasteiger partial charge in [-0.15, -0.1) is 5.10 Å². The van der Waals surface area contributed by atoms with Gasteiger partial charge >= 0.3 is 5.97 Å². The highest BCUT2D eigenvalue weighted by molar-refractivity contribution is 14.1. The molecule has 14 unspecified atom stereocenters. The molecule has 0 saturated carbocycles. The van der Waals surface area contributed by atoms with Crippen LogP contribution < -0.4 is 9.47 Å². The van der Waals surface area contributed by atoms with Crippen molar-refractivity contribution in [1.29, 1.82) is 0 Å². The molecule has 30 aliphatic rings. The van der Waals surface area contributed by atoms with Crippen LogP contribution >= 0.6 is 90.4 Å². The molecule has 16 bridgehead atoms. The van der Waals surface area contributed by atoms with Gasteiger partial charge in [-0.1, -0.05) is 5.21 Å². The van der Waals surface area contributed by atoms with E-state index < -0.39 is 304 Å². The number of rotatable bonds is 16. The maximum Gasteiger partial charge on any atom is 0.307 e. The molecule has 0 spiro atoms. The second-order valence-corrected chi connectivity index (χ2v) is 33.9. The summed E-state index contributed by atoms with van der Waals surface area (Å²) in [5, 5.41) is 257. The molecule has 115 heavy (non-hydrogen) atoms. The molecular formula is C67H93I4N3O41. The number of hydrogen-bond donors (Lipinski definition) is 22. The van der Waals surface area contributed by atoms with Gasteiger partial charge in [0.15, 0.2) is 56.1 Å². The van der Waals surface area contributed by atoms with Crippen LogP contribution in [0, 0.1) is 14.3 Å². The van der Waals surface area contributed by atoms with Crippen molar-refractivity contribution in [3.05, 3.63) is 56.0 Å². The molecule has 22 N–H and O–H groups in total. The van der Waals surface area contributed by atoms with Gasteiger partial charge in [-0.25, -0.2) is 4.68 Å². The summed E-state index contributed by atoms with van der Waals surface area (Å²) < 4.78 is 112. The first-order valence-corrected chi connectivity index (χ1v) is 40.6. The predicted octanol–water partition coefficient (Wildman–Crippen LogP) is -8.90. The Morgan fingerprint density at radius 1 is 0.409 bits per heavy atom. The summed E-state index contributed by atoms with van der Waals surface area (Å²) in [6.07, 6.45) is -73.6. The van der Waals surface area contributed by atoms with Crippen molar-refractivity contribution in [3.8, 4) is 17.2 Å². The summed E-state index contributed by atoms with van der Waals surface area (Å²) in [6, 6.07) is 6.87. The fraction of sp³-hybridized carbons (Fsp3) is 0.776. The number of hydrogen-bond acceptors (Lipinski definition) is 42. The van der Waals surface area contributed by atoms with Crippen LogP contribution in [0.2, 0.25) is 0 Å². The first-order chi connectivity index (χ1) is 54.6. The van der Waals surface area contributed by atoms with Crippen LogP contribution in [0.15, 0.2) is 30.5 Å². The minimum atomic E-state index is -2.28. The number of carboxylic acid groups (broad SMARTS) is 1. The summed E-state index contributed by atoms with van der Waals surface area (Å²) in [7, 11) is 0. The Balaban J connectivity index is 0.815. The third kappa shape index (κ3) is 19.8. The Bertz CT molecular complexity index is 3630. The SMILES string of the molecule is CC(C)(C1O[C@@H]2O[C@@H]3C(CO)O[C@@H](C[C@H]3O)O[C@@H]3C(CO)O[C@@H](C[C@H]3O)O[C@@H]3C(CO)O[C@H](O[C@@H]4C(CO)O[C@H](O[C@@H]5C(CO)O[C@@H](O[C@@H]6C(CO)O[C@H](O[C@@H]7C(CO)O[C@@H](O[C@H]1[C@H](O)C2O)C(O)[C@H]7O)C(O)[C@H]6O)C(O)[C@H]5O)C(O)[C@H]4O)C(O)[C@H]3O)n1cc(COc2c(I)cc(Oc3c(I)cc(CC(=O)O)cc3I)cc2I)nn1. The van der Waals surface area contributed by atoms with E-state index in [1.54, 1.807) is 24.3 Å². The number of benzene rings is 2. The number of aromatic nitrogens is 3. The van der Waals surface area contributed by atoms with E-state index in [-0.39, 0.29) is 18.7 Å². The second-order valence-electron chi connectivity index (χ2n) is 29.3. The van der Waals surface area contributed by atoms with Gasteiger partial charge in [0, 0.05) is 12.8 Å². The number of nitrogens with zero attached hydrogens (tertiary/aromatic N) is 3. The van der Waals surface area contributed by atoms with Crippen molar-refractivity contribution in [2.45, 2.75) is 279 Å². The van der Waals surface area contributed by atoms with Gasteiger partial charge in [-0.2, -0.15) is 0 Å². The summed E-state index contributed by atoms with van der Waals surface area (Å²) in [5.41, 5.74) is -0.894. The van der Waals surface area contributed by atoms with Crippen molar-refractivity contribution < 1.29 is 202 Å². The largest absolute Gasteiger partial charge is 0.485 e. The Hall–Kier alpha value is -1.91. The molecule has 1 aromatic heterocycles. The summed E-state index contributed by atoms with van der Waals surface area (Å²) in [4.78, 5) is 11.4. The van der Waals surface area contributed by atoms with E-state index in [9.17, 15) is 117 Å². The van der Waals surface area contributed by atoms with Crippen LogP contribution in [-0.4, -0.2) is 413 Å². The van der Waals surface area contributed by atoms with E-state index in [4.69, 9.17) is 85.3 Å². The molecular weight excluding hydrogens is 2010 g/mol. The van der Waals surface area contributed by atoms with Crippen LogP contribution in [0.4, 0.5) is 0 Å². The lowest BCUT2D eigenvalue weighted by atomic mass is 9.85. The molecule has 44 nitrogen and oxygen atoms in total. The number of carbonyl (C=O) groups is 1. The number of aliphatic carboxylic acids is 1. The smallest absolute Gasteiger partial charge is 0.307 e. The lowest BCUT2D eigenvalue weighted by Gasteiger charge is -2.51.